The molecule has 0 aromatic heterocycles. The fourth-order valence-corrected chi connectivity index (χ4v) is 3.56. The molecule has 2 saturated heterocycles. The van der Waals surface area contributed by atoms with Crippen LogP contribution < -0.4 is 5.32 Å². The average molecular weight is 265 g/mol. The van der Waals surface area contributed by atoms with Crippen molar-refractivity contribution in [2.24, 2.45) is 5.92 Å². The van der Waals surface area contributed by atoms with Gasteiger partial charge in [-0.25, -0.2) is 0 Å². The smallest absolute Gasteiger partial charge is 0.0409 e. The second kappa shape index (κ2) is 5.20. The van der Waals surface area contributed by atoms with Crippen molar-refractivity contribution in [2.45, 2.75) is 31.8 Å². The van der Waals surface area contributed by atoms with E-state index in [9.17, 15) is 0 Å². The highest BCUT2D eigenvalue weighted by molar-refractivity contribution is 6.30. The Labute approximate surface area is 114 Å². The van der Waals surface area contributed by atoms with E-state index in [0.29, 0.717) is 12.1 Å². The second-order valence-corrected chi connectivity index (χ2v) is 6.12. The van der Waals surface area contributed by atoms with Gasteiger partial charge in [-0.1, -0.05) is 23.7 Å². The number of halogens is 1. The monoisotopic (exact) mass is 264 g/mol. The summed E-state index contributed by atoms with van der Waals surface area (Å²) in [6, 6.07) is 9.27. The van der Waals surface area contributed by atoms with Crippen molar-refractivity contribution >= 4 is 11.6 Å². The molecule has 0 saturated carbocycles. The van der Waals surface area contributed by atoms with Crippen LogP contribution in [0.25, 0.3) is 0 Å². The molecule has 0 amide bonds. The first-order valence-electron chi connectivity index (χ1n) is 6.96. The maximum absolute atomic E-state index is 6.06. The highest BCUT2D eigenvalue weighted by Crippen LogP contribution is 2.29. The Morgan fingerprint density at radius 1 is 1.33 bits per heavy atom. The molecule has 2 nitrogen and oxygen atoms in total. The summed E-state index contributed by atoms with van der Waals surface area (Å²) in [5.74, 6) is 0.848. The van der Waals surface area contributed by atoms with Crippen LogP contribution in [-0.4, -0.2) is 30.6 Å². The van der Waals surface area contributed by atoms with E-state index < -0.39 is 0 Å². The molecule has 1 aromatic carbocycles. The molecule has 2 heterocycles. The first-order chi connectivity index (χ1) is 8.72. The Kier molecular flexibility index (Phi) is 3.60. The van der Waals surface area contributed by atoms with Crippen LogP contribution in [0.4, 0.5) is 0 Å². The quantitative estimate of drug-likeness (QED) is 0.903. The Morgan fingerprint density at radius 2 is 2.17 bits per heavy atom. The molecule has 18 heavy (non-hydrogen) atoms. The van der Waals surface area contributed by atoms with Crippen LogP contribution in [0.2, 0.25) is 5.02 Å². The van der Waals surface area contributed by atoms with Crippen LogP contribution >= 0.6 is 11.6 Å². The minimum atomic E-state index is 0.390. The summed E-state index contributed by atoms with van der Waals surface area (Å²) in [6.07, 6.45) is 2.65. The summed E-state index contributed by atoms with van der Waals surface area (Å²) in [6.45, 7) is 6.09. The third-order valence-corrected chi connectivity index (χ3v) is 4.68. The largest absolute Gasteiger partial charge is 0.307 e. The van der Waals surface area contributed by atoms with Crippen LogP contribution in [0.1, 0.15) is 31.4 Å². The number of hydrogen-bond acceptors (Lipinski definition) is 2. The van der Waals surface area contributed by atoms with Gasteiger partial charge in [-0.3, -0.25) is 0 Å². The summed E-state index contributed by atoms with van der Waals surface area (Å²) in [5, 5.41) is 4.64. The normalized spacial score (nSPS) is 32.4. The highest BCUT2D eigenvalue weighted by atomic mass is 35.5. The van der Waals surface area contributed by atoms with E-state index in [2.05, 4.69) is 29.3 Å². The molecule has 98 valence electrons. The van der Waals surface area contributed by atoms with Crippen molar-refractivity contribution in [1.29, 1.82) is 0 Å². The van der Waals surface area contributed by atoms with Crippen molar-refractivity contribution in [2.75, 3.05) is 19.6 Å². The number of fused-ring (bicyclic) bond motifs is 2. The zero-order valence-electron chi connectivity index (χ0n) is 10.9. The van der Waals surface area contributed by atoms with Crippen molar-refractivity contribution < 1.29 is 0 Å². The van der Waals surface area contributed by atoms with Crippen molar-refractivity contribution in [3.63, 3.8) is 0 Å². The van der Waals surface area contributed by atoms with Crippen LogP contribution in [0.3, 0.4) is 0 Å². The predicted octanol–water partition coefficient (Wildman–Crippen LogP) is 3.08. The minimum absolute atomic E-state index is 0.390. The molecule has 0 aliphatic carbocycles. The molecule has 1 N–H and O–H groups in total. The molecule has 3 heteroatoms. The Hall–Kier alpha value is -0.570. The molecule has 0 radical (unpaired) electrons. The van der Waals surface area contributed by atoms with Gasteiger partial charge in [0.2, 0.25) is 0 Å². The maximum atomic E-state index is 6.06. The van der Waals surface area contributed by atoms with E-state index in [0.717, 1.165) is 10.9 Å². The predicted molar refractivity (Wildman–Crippen MR) is 76.0 cm³/mol. The molecular formula is C15H21ClN2. The Balaban J connectivity index is 1.65. The summed E-state index contributed by atoms with van der Waals surface area (Å²) < 4.78 is 0. The number of nitrogens with zero attached hydrogens (tertiary/aromatic N) is 1. The van der Waals surface area contributed by atoms with Crippen molar-refractivity contribution in [3.05, 3.63) is 34.9 Å². The van der Waals surface area contributed by atoms with E-state index in [1.807, 2.05) is 12.1 Å². The number of rotatable bonds is 3. The van der Waals surface area contributed by atoms with Crippen LogP contribution in [-0.2, 0) is 0 Å². The topological polar surface area (TPSA) is 15.3 Å². The summed E-state index contributed by atoms with van der Waals surface area (Å²) in [7, 11) is 0. The third kappa shape index (κ3) is 2.56. The van der Waals surface area contributed by atoms with Gasteiger partial charge in [0.05, 0.1) is 0 Å². The molecule has 3 unspecified atom stereocenters. The molecule has 2 fully saturated rings. The zero-order chi connectivity index (χ0) is 12.5. The molecule has 2 aliphatic heterocycles. The maximum Gasteiger partial charge on any atom is 0.0409 e. The second-order valence-electron chi connectivity index (χ2n) is 5.69. The van der Waals surface area contributed by atoms with E-state index in [1.54, 1.807) is 0 Å². The third-order valence-electron chi connectivity index (χ3n) is 4.45. The fraction of sp³-hybridized carbons (Fsp3) is 0.600. The number of nitrogens with one attached hydrogen (secondary N) is 1. The van der Waals surface area contributed by atoms with E-state index in [4.69, 9.17) is 11.6 Å². The van der Waals surface area contributed by atoms with Crippen molar-refractivity contribution in [1.82, 2.24) is 10.2 Å². The zero-order valence-corrected chi connectivity index (χ0v) is 11.7. The lowest BCUT2D eigenvalue weighted by molar-refractivity contribution is 0.212. The first-order valence-corrected chi connectivity index (χ1v) is 7.34. The van der Waals surface area contributed by atoms with E-state index in [1.165, 1.54) is 38.0 Å². The molecule has 3 rings (SSSR count). The Morgan fingerprint density at radius 3 is 3.00 bits per heavy atom. The lowest BCUT2D eigenvalue weighted by atomic mass is 9.93. The van der Waals surface area contributed by atoms with Gasteiger partial charge < -0.3 is 10.2 Å². The molecule has 1 aromatic rings. The Bertz CT molecular complexity index is 421. The summed E-state index contributed by atoms with van der Waals surface area (Å²) in [5.41, 5.74) is 1.29. The van der Waals surface area contributed by atoms with Crippen molar-refractivity contribution in [3.8, 4) is 0 Å². The highest BCUT2D eigenvalue weighted by Gasteiger charge is 2.34. The van der Waals surface area contributed by atoms with Crippen LogP contribution in [0.15, 0.2) is 24.3 Å². The lowest BCUT2D eigenvalue weighted by Crippen LogP contribution is -2.44. The molecular weight excluding hydrogens is 244 g/mol. The number of benzene rings is 1. The average Bonchev–Trinajstić information content (AvgIpc) is 2.76. The first kappa shape index (κ1) is 12.5. The van der Waals surface area contributed by atoms with Crippen LogP contribution in [0, 0.1) is 5.92 Å². The van der Waals surface area contributed by atoms with Gasteiger partial charge in [-0.15, -0.1) is 0 Å². The molecule has 0 spiro atoms. The fourth-order valence-electron chi connectivity index (χ4n) is 3.36. The minimum Gasteiger partial charge on any atom is -0.307 e. The van der Waals surface area contributed by atoms with Gasteiger partial charge in [0.25, 0.3) is 0 Å². The summed E-state index contributed by atoms with van der Waals surface area (Å²) >= 11 is 6.06. The van der Waals surface area contributed by atoms with E-state index >= 15 is 0 Å². The van der Waals surface area contributed by atoms with Gasteiger partial charge in [0, 0.05) is 23.7 Å². The van der Waals surface area contributed by atoms with Gasteiger partial charge >= 0.3 is 0 Å². The summed E-state index contributed by atoms with van der Waals surface area (Å²) in [4.78, 5) is 2.59. The number of piperidine rings is 1. The molecule has 2 aliphatic rings. The SMILES string of the molecule is C[C@H](NC1CCN2CCC1C2)c1cccc(Cl)c1. The van der Waals surface area contributed by atoms with Gasteiger partial charge in [0.1, 0.15) is 0 Å². The van der Waals surface area contributed by atoms with Gasteiger partial charge in [0.15, 0.2) is 0 Å². The lowest BCUT2D eigenvalue weighted by Gasteiger charge is -2.33. The standard InChI is InChI=1S/C15H21ClN2/c1-11(12-3-2-4-14(16)9-12)17-15-6-8-18-7-5-13(15)10-18/h2-4,9,11,13,15,17H,5-8,10H2,1H3/t11-,13?,15?/m0/s1. The van der Waals surface area contributed by atoms with Gasteiger partial charge in [-0.05, 0) is 56.5 Å². The van der Waals surface area contributed by atoms with E-state index in [-0.39, 0.29) is 0 Å². The number of hydrogen-bond donors (Lipinski definition) is 1. The molecule has 2 bridgehead atoms. The van der Waals surface area contributed by atoms with Crippen LogP contribution in [0.5, 0.6) is 0 Å². The van der Waals surface area contributed by atoms with Gasteiger partial charge in [-0.2, -0.15) is 0 Å². The molecule has 4 atom stereocenters.